The van der Waals surface area contributed by atoms with Crippen LogP contribution in [0.2, 0.25) is 0 Å². The van der Waals surface area contributed by atoms with Crippen molar-refractivity contribution < 1.29 is 4.79 Å². The maximum absolute atomic E-state index is 11.4. The summed E-state index contributed by atoms with van der Waals surface area (Å²) in [6.07, 6.45) is 0.803. The highest BCUT2D eigenvalue weighted by Gasteiger charge is 2.00. The maximum Gasteiger partial charge on any atom is 0.239 e. The molecule has 1 rings (SSSR count). The molecule has 1 amide bonds. The number of hydrogen-bond donors (Lipinski definition) is 3. The van der Waals surface area contributed by atoms with Gasteiger partial charge in [0.1, 0.15) is 0 Å². The van der Waals surface area contributed by atoms with Gasteiger partial charge >= 0.3 is 0 Å². The standard InChI is InChI=1S/C12H19N3O/c1-10(13)7-8-14-12(16)9-15-11-5-3-2-4-6-11/h2-6,10,15H,7-9,13H2,1H3,(H,14,16). The number of carbonyl (C=O) groups excluding carboxylic acids is 1. The lowest BCUT2D eigenvalue weighted by Gasteiger charge is -2.08. The van der Waals surface area contributed by atoms with E-state index < -0.39 is 0 Å². The third-order valence-corrected chi connectivity index (χ3v) is 2.15. The average molecular weight is 221 g/mol. The van der Waals surface area contributed by atoms with Gasteiger partial charge in [-0.2, -0.15) is 0 Å². The van der Waals surface area contributed by atoms with E-state index in [0.29, 0.717) is 13.1 Å². The fourth-order valence-corrected chi connectivity index (χ4v) is 1.24. The first-order valence-corrected chi connectivity index (χ1v) is 5.49. The number of rotatable bonds is 6. The minimum atomic E-state index is -0.00972. The lowest BCUT2D eigenvalue weighted by atomic mass is 10.2. The second-order valence-electron chi connectivity index (χ2n) is 3.84. The van der Waals surface area contributed by atoms with Gasteiger partial charge in [-0.05, 0) is 25.5 Å². The zero-order chi connectivity index (χ0) is 11.8. The van der Waals surface area contributed by atoms with Crippen molar-refractivity contribution in [1.29, 1.82) is 0 Å². The van der Waals surface area contributed by atoms with Crippen molar-refractivity contribution in [2.75, 3.05) is 18.4 Å². The number of nitrogens with one attached hydrogen (secondary N) is 2. The van der Waals surface area contributed by atoms with E-state index in [1.807, 2.05) is 37.3 Å². The second-order valence-corrected chi connectivity index (χ2v) is 3.84. The van der Waals surface area contributed by atoms with Crippen LogP contribution in [0.3, 0.4) is 0 Å². The van der Waals surface area contributed by atoms with Crippen LogP contribution in [0.4, 0.5) is 5.69 Å². The molecule has 0 saturated heterocycles. The van der Waals surface area contributed by atoms with Crippen LogP contribution < -0.4 is 16.4 Å². The Morgan fingerprint density at radius 2 is 2.06 bits per heavy atom. The van der Waals surface area contributed by atoms with Crippen LogP contribution in [0, 0.1) is 0 Å². The Morgan fingerprint density at radius 1 is 1.38 bits per heavy atom. The van der Waals surface area contributed by atoms with Gasteiger partial charge in [-0.25, -0.2) is 0 Å². The van der Waals surface area contributed by atoms with Gasteiger partial charge in [0.2, 0.25) is 5.91 Å². The van der Waals surface area contributed by atoms with E-state index in [-0.39, 0.29) is 11.9 Å². The van der Waals surface area contributed by atoms with Crippen LogP contribution in [0.5, 0.6) is 0 Å². The van der Waals surface area contributed by atoms with Crippen molar-refractivity contribution in [3.8, 4) is 0 Å². The van der Waals surface area contributed by atoms with Gasteiger partial charge < -0.3 is 16.4 Å². The van der Waals surface area contributed by atoms with E-state index in [4.69, 9.17) is 5.73 Å². The summed E-state index contributed by atoms with van der Waals surface area (Å²) in [5.41, 5.74) is 6.53. The molecular formula is C12H19N3O. The van der Waals surface area contributed by atoms with Crippen molar-refractivity contribution in [3.05, 3.63) is 30.3 Å². The highest BCUT2D eigenvalue weighted by molar-refractivity contribution is 5.80. The Balaban J connectivity index is 2.16. The molecule has 0 fully saturated rings. The van der Waals surface area contributed by atoms with Gasteiger partial charge in [0, 0.05) is 18.3 Å². The van der Waals surface area contributed by atoms with Gasteiger partial charge in [0.05, 0.1) is 6.54 Å². The van der Waals surface area contributed by atoms with Gasteiger partial charge in [0.25, 0.3) is 0 Å². The van der Waals surface area contributed by atoms with E-state index in [0.717, 1.165) is 12.1 Å². The molecule has 1 aromatic rings. The third-order valence-electron chi connectivity index (χ3n) is 2.15. The molecule has 88 valence electrons. The molecule has 1 atom stereocenters. The quantitative estimate of drug-likeness (QED) is 0.670. The molecule has 0 bridgehead atoms. The summed E-state index contributed by atoms with van der Waals surface area (Å²) in [7, 11) is 0. The summed E-state index contributed by atoms with van der Waals surface area (Å²) in [5.74, 6) is -0.00972. The zero-order valence-corrected chi connectivity index (χ0v) is 9.57. The monoisotopic (exact) mass is 221 g/mol. The maximum atomic E-state index is 11.4. The number of benzene rings is 1. The summed E-state index contributed by atoms with van der Waals surface area (Å²) in [6, 6.07) is 9.77. The molecule has 16 heavy (non-hydrogen) atoms. The minimum absolute atomic E-state index is 0.00972. The predicted molar refractivity (Wildman–Crippen MR) is 66.2 cm³/mol. The average Bonchev–Trinajstić information content (AvgIpc) is 2.27. The molecule has 0 radical (unpaired) electrons. The molecular weight excluding hydrogens is 202 g/mol. The van der Waals surface area contributed by atoms with Crippen LogP contribution in [0.25, 0.3) is 0 Å². The summed E-state index contributed by atoms with van der Waals surface area (Å²) in [6.45, 7) is 2.85. The number of para-hydroxylation sites is 1. The van der Waals surface area contributed by atoms with E-state index in [1.54, 1.807) is 0 Å². The van der Waals surface area contributed by atoms with E-state index >= 15 is 0 Å². The van der Waals surface area contributed by atoms with Gasteiger partial charge in [-0.15, -0.1) is 0 Å². The number of hydrogen-bond acceptors (Lipinski definition) is 3. The Bertz CT molecular complexity index is 311. The molecule has 0 spiro atoms. The Morgan fingerprint density at radius 3 is 2.69 bits per heavy atom. The molecule has 4 heteroatoms. The smallest absolute Gasteiger partial charge is 0.239 e. The number of carbonyl (C=O) groups is 1. The normalized spacial score (nSPS) is 11.9. The molecule has 0 aliphatic rings. The van der Waals surface area contributed by atoms with E-state index in [2.05, 4.69) is 10.6 Å². The Labute approximate surface area is 96.2 Å². The van der Waals surface area contributed by atoms with Gasteiger partial charge in [-0.1, -0.05) is 18.2 Å². The summed E-state index contributed by atoms with van der Waals surface area (Å²) in [5, 5.41) is 5.84. The highest BCUT2D eigenvalue weighted by atomic mass is 16.1. The Kier molecular flexibility index (Phi) is 5.36. The first-order chi connectivity index (χ1) is 7.68. The van der Waals surface area contributed by atoms with Crippen molar-refractivity contribution in [3.63, 3.8) is 0 Å². The fraction of sp³-hybridized carbons (Fsp3) is 0.417. The second kappa shape index (κ2) is 6.85. The summed E-state index contributed by atoms with van der Waals surface area (Å²) >= 11 is 0. The van der Waals surface area contributed by atoms with Gasteiger partial charge in [-0.3, -0.25) is 4.79 Å². The lowest BCUT2D eigenvalue weighted by Crippen LogP contribution is -2.33. The molecule has 1 aromatic carbocycles. The van der Waals surface area contributed by atoms with Gasteiger partial charge in [0.15, 0.2) is 0 Å². The first kappa shape index (κ1) is 12.5. The third kappa shape index (κ3) is 5.36. The molecule has 4 N–H and O–H groups in total. The highest BCUT2D eigenvalue weighted by Crippen LogP contribution is 2.03. The van der Waals surface area contributed by atoms with Crippen LogP contribution in [-0.2, 0) is 4.79 Å². The molecule has 1 unspecified atom stereocenters. The van der Waals surface area contributed by atoms with Crippen LogP contribution in [-0.4, -0.2) is 25.0 Å². The van der Waals surface area contributed by atoms with E-state index in [1.165, 1.54) is 0 Å². The van der Waals surface area contributed by atoms with E-state index in [9.17, 15) is 4.79 Å². The van der Waals surface area contributed by atoms with Crippen molar-refractivity contribution in [2.24, 2.45) is 5.73 Å². The largest absolute Gasteiger partial charge is 0.376 e. The SMILES string of the molecule is CC(N)CCNC(=O)CNc1ccccc1. The van der Waals surface area contributed by atoms with Crippen LogP contribution in [0.1, 0.15) is 13.3 Å². The molecule has 0 aliphatic carbocycles. The fourth-order valence-electron chi connectivity index (χ4n) is 1.24. The Hall–Kier alpha value is -1.55. The zero-order valence-electron chi connectivity index (χ0n) is 9.57. The number of anilines is 1. The number of nitrogens with two attached hydrogens (primary N) is 1. The van der Waals surface area contributed by atoms with Crippen LogP contribution >= 0.6 is 0 Å². The van der Waals surface area contributed by atoms with Crippen LogP contribution in [0.15, 0.2) is 30.3 Å². The predicted octanol–water partition coefficient (Wildman–Crippen LogP) is 0.952. The minimum Gasteiger partial charge on any atom is -0.376 e. The van der Waals surface area contributed by atoms with Crippen molar-refractivity contribution in [1.82, 2.24) is 5.32 Å². The molecule has 0 saturated carbocycles. The first-order valence-electron chi connectivity index (χ1n) is 5.49. The number of amides is 1. The lowest BCUT2D eigenvalue weighted by molar-refractivity contribution is -0.119. The molecule has 0 aromatic heterocycles. The van der Waals surface area contributed by atoms with Crippen molar-refractivity contribution >= 4 is 11.6 Å². The molecule has 0 aliphatic heterocycles. The summed E-state index contributed by atoms with van der Waals surface area (Å²) in [4.78, 5) is 11.4. The van der Waals surface area contributed by atoms with Crippen molar-refractivity contribution in [2.45, 2.75) is 19.4 Å². The summed E-state index contributed by atoms with van der Waals surface area (Å²) < 4.78 is 0. The topological polar surface area (TPSA) is 67.1 Å². The molecule has 4 nitrogen and oxygen atoms in total. The molecule has 0 heterocycles.